The molecule has 0 N–H and O–H groups in total. The second-order valence-electron chi connectivity index (χ2n) is 7.34. The first-order valence-corrected chi connectivity index (χ1v) is 10.6. The lowest BCUT2D eigenvalue weighted by Crippen LogP contribution is -2.20. The quantitative estimate of drug-likeness (QED) is 0.0904. The predicted octanol–water partition coefficient (Wildman–Crippen LogP) is 6.60. The molecule has 0 saturated carbocycles. The lowest BCUT2D eigenvalue weighted by molar-refractivity contribution is -0.136. The van der Waals surface area contributed by atoms with Gasteiger partial charge in [0, 0.05) is 5.56 Å². The summed E-state index contributed by atoms with van der Waals surface area (Å²) in [5, 5.41) is 0.597. The van der Waals surface area contributed by atoms with Crippen LogP contribution in [0.2, 0.25) is 10.0 Å². The van der Waals surface area contributed by atoms with E-state index >= 15 is 0 Å². The van der Waals surface area contributed by atoms with Crippen molar-refractivity contribution < 1.29 is 45.8 Å². The Balaban J connectivity index is 1.51. The number of hydrogen-bond donors (Lipinski definition) is 0. The van der Waals surface area contributed by atoms with Gasteiger partial charge in [-0.05, 0) is 42.8 Å². The number of ether oxygens (including phenoxy) is 3. The largest absolute Gasteiger partial charge is 0.476 e. The summed E-state index contributed by atoms with van der Waals surface area (Å²) in [6.45, 7) is 0.291. The molecule has 3 aromatic rings. The van der Waals surface area contributed by atoms with Crippen molar-refractivity contribution in [3.8, 4) is 17.2 Å². The molecule has 3 aromatic carbocycles. The van der Waals surface area contributed by atoms with Gasteiger partial charge in [0.25, 0.3) is 0 Å². The zero-order chi connectivity index (χ0) is 26.3. The SMILES string of the molecule is Cc1c(OC(=O)COc2c(F)c(F)c(F)c(F)c2F)ccc2c1O/C(=C\c1ccc(Cl)c(Cl)c1)C2=O. The Morgan fingerprint density at radius 2 is 1.58 bits per heavy atom. The molecule has 1 heterocycles. The molecule has 4 rings (SSSR count). The number of halogens is 7. The summed E-state index contributed by atoms with van der Waals surface area (Å²) in [6.07, 6.45) is 1.44. The van der Waals surface area contributed by atoms with Crippen LogP contribution in [-0.4, -0.2) is 18.4 Å². The summed E-state index contributed by atoms with van der Waals surface area (Å²) >= 11 is 11.9. The van der Waals surface area contributed by atoms with Crippen molar-refractivity contribution in [2.24, 2.45) is 0 Å². The van der Waals surface area contributed by atoms with Gasteiger partial charge in [0.15, 0.2) is 18.1 Å². The van der Waals surface area contributed by atoms with Crippen LogP contribution in [0.3, 0.4) is 0 Å². The normalized spacial score (nSPS) is 13.6. The van der Waals surface area contributed by atoms with Gasteiger partial charge >= 0.3 is 5.97 Å². The molecule has 0 aromatic heterocycles. The number of Topliss-reactive ketones (excluding diaryl/α,β-unsaturated/α-hetero) is 1. The zero-order valence-electron chi connectivity index (χ0n) is 17.9. The van der Waals surface area contributed by atoms with Crippen LogP contribution in [0.4, 0.5) is 22.0 Å². The Morgan fingerprint density at radius 1 is 0.944 bits per heavy atom. The minimum Gasteiger partial charge on any atom is -0.476 e. The smallest absolute Gasteiger partial charge is 0.349 e. The van der Waals surface area contributed by atoms with Crippen molar-refractivity contribution in [2.75, 3.05) is 6.61 Å². The molecule has 5 nitrogen and oxygen atoms in total. The number of ketones is 1. The average molecular weight is 545 g/mol. The van der Waals surface area contributed by atoms with E-state index in [4.69, 9.17) is 32.7 Å². The van der Waals surface area contributed by atoms with Crippen LogP contribution in [-0.2, 0) is 4.79 Å². The Hall–Kier alpha value is -3.63. The summed E-state index contributed by atoms with van der Waals surface area (Å²) in [4.78, 5) is 24.8. The molecule has 186 valence electrons. The van der Waals surface area contributed by atoms with Gasteiger partial charge in [0.2, 0.25) is 34.9 Å². The molecule has 0 aliphatic carbocycles. The Bertz CT molecular complexity index is 1440. The topological polar surface area (TPSA) is 61.8 Å². The van der Waals surface area contributed by atoms with Crippen molar-refractivity contribution in [1.82, 2.24) is 0 Å². The Kier molecular flexibility index (Phi) is 6.92. The number of benzene rings is 3. The summed E-state index contributed by atoms with van der Waals surface area (Å²) in [7, 11) is 0. The molecule has 1 aliphatic heterocycles. The molecule has 0 amide bonds. The molecule has 12 heteroatoms. The fourth-order valence-corrected chi connectivity index (χ4v) is 3.53. The third-order valence-electron chi connectivity index (χ3n) is 5.01. The molecular weight excluding hydrogens is 534 g/mol. The fraction of sp³-hybridized carbons (Fsp3) is 0.0833. The van der Waals surface area contributed by atoms with Gasteiger partial charge in [-0.2, -0.15) is 8.78 Å². The van der Waals surface area contributed by atoms with Gasteiger partial charge in [-0.1, -0.05) is 29.3 Å². The Labute approximate surface area is 209 Å². The fourth-order valence-electron chi connectivity index (χ4n) is 3.23. The number of allylic oxidation sites excluding steroid dienone is 1. The summed E-state index contributed by atoms with van der Waals surface area (Å²) in [5.74, 6) is -14.6. The molecule has 0 spiro atoms. The molecular formula is C24H11Cl2F5O5. The van der Waals surface area contributed by atoms with E-state index in [1.807, 2.05) is 0 Å². The van der Waals surface area contributed by atoms with Crippen LogP contribution < -0.4 is 14.2 Å². The maximum atomic E-state index is 13.7. The lowest BCUT2D eigenvalue weighted by atomic mass is 10.1. The highest BCUT2D eigenvalue weighted by Gasteiger charge is 2.31. The van der Waals surface area contributed by atoms with Crippen LogP contribution in [0.15, 0.2) is 36.1 Å². The molecule has 0 bridgehead atoms. The average Bonchev–Trinajstić information content (AvgIpc) is 3.16. The molecule has 0 fully saturated rings. The van der Waals surface area contributed by atoms with Crippen LogP contribution in [0, 0.1) is 36.0 Å². The summed E-state index contributed by atoms with van der Waals surface area (Å²) in [6, 6.07) is 7.29. The van der Waals surface area contributed by atoms with E-state index in [2.05, 4.69) is 4.74 Å². The maximum Gasteiger partial charge on any atom is 0.349 e. The predicted molar refractivity (Wildman–Crippen MR) is 118 cm³/mol. The molecule has 36 heavy (non-hydrogen) atoms. The van der Waals surface area contributed by atoms with Crippen molar-refractivity contribution in [2.45, 2.75) is 6.92 Å². The highest BCUT2D eigenvalue weighted by atomic mass is 35.5. The van der Waals surface area contributed by atoms with E-state index in [9.17, 15) is 31.5 Å². The van der Waals surface area contributed by atoms with Crippen LogP contribution >= 0.6 is 23.2 Å². The van der Waals surface area contributed by atoms with E-state index in [0.717, 1.165) is 0 Å². The maximum absolute atomic E-state index is 13.7. The first-order valence-electron chi connectivity index (χ1n) is 9.87. The van der Waals surface area contributed by atoms with Gasteiger partial charge in [0.1, 0.15) is 11.5 Å². The number of hydrogen-bond acceptors (Lipinski definition) is 5. The number of fused-ring (bicyclic) bond motifs is 1. The third-order valence-corrected chi connectivity index (χ3v) is 5.74. The van der Waals surface area contributed by atoms with Crippen molar-refractivity contribution in [3.05, 3.63) is 91.9 Å². The molecule has 0 radical (unpaired) electrons. The first kappa shape index (κ1) is 25.5. The van der Waals surface area contributed by atoms with Crippen LogP contribution in [0.1, 0.15) is 21.5 Å². The van der Waals surface area contributed by atoms with Crippen molar-refractivity contribution >= 4 is 41.0 Å². The van der Waals surface area contributed by atoms with Crippen LogP contribution in [0.5, 0.6) is 17.2 Å². The molecule has 0 unspecified atom stereocenters. The standard InChI is InChI=1S/C24H11Cl2F5O5/c1-9-14(35-16(32)8-34-24-20(30)18(28)17(27)19(29)21(24)31)5-3-11-22(33)15(36-23(9)11)7-10-2-4-12(25)13(26)6-10/h2-7H,8H2,1H3/b15-7-. The monoisotopic (exact) mass is 544 g/mol. The second-order valence-corrected chi connectivity index (χ2v) is 8.15. The minimum absolute atomic E-state index is 0.0374. The summed E-state index contributed by atoms with van der Waals surface area (Å²) < 4.78 is 82.3. The number of esters is 1. The van der Waals surface area contributed by atoms with E-state index in [1.54, 1.807) is 12.1 Å². The summed E-state index contributed by atoms with van der Waals surface area (Å²) in [5.41, 5.74) is 0.939. The molecule has 0 atom stereocenters. The highest BCUT2D eigenvalue weighted by molar-refractivity contribution is 6.42. The van der Waals surface area contributed by atoms with Gasteiger partial charge in [-0.15, -0.1) is 0 Å². The van der Waals surface area contributed by atoms with E-state index in [0.29, 0.717) is 10.6 Å². The second kappa shape index (κ2) is 9.79. The third kappa shape index (κ3) is 4.61. The van der Waals surface area contributed by atoms with Gasteiger partial charge in [-0.3, -0.25) is 4.79 Å². The highest BCUT2D eigenvalue weighted by Crippen LogP contribution is 2.39. The molecule has 1 aliphatic rings. The van der Waals surface area contributed by atoms with Gasteiger partial charge in [-0.25, -0.2) is 18.0 Å². The lowest BCUT2D eigenvalue weighted by Gasteiger charge is -2.12. The van der Waals surface area contributed by atoms with E-state index < -0.39 is 53.2 Å². The van der Waals surface area contributed by atoms with Gasteiger partial charge in [0.05, 0.1) is 15.6 Å². The van der Waals surface area contributed by atoms with Crippen LogP contribution in [0.25, 0.3) is 6.08 Å². The number of carbonyl (C=O) groups is 2. The van der Waals surface area contributed by atoms with Crippen molar-refractivity contribution in [3.63, 3.8) is 0 Å². The van der Waals surface area contributed by atoms with Gasteiger partial charge < -0.3 is 14.2 Å². The minimum atomic E-state index is -2.36. The van der Waals surface area contributed by atoms with Crippen molar-refractivity contribution in [1.29, 1.82) is 0 Å². The zero-order valence-corrected chi connectivity index (χ0v) is 19.4. The number of carbonyl (C=O) groups excluding carboxylic acids is 2. The number of rotatable bonds is 5. The van der Waals surface area contributed by atoms with E-state index in [-0.39, 0.29) is 33.4 Å². The first-order chi connectivity index (χ1) is 17.0. The Morgan fingerprint density at radius 3 is 2.22 bits per heavy atom. The van der Waals surface area contributed by atoms with E-state index in [1.165, 1.54) is 31.2 Å². The molecule has 0 saturated heterocycles.